The fourth-order valence-electron chi connectivity index (χ4n) is 4.61. The summed E-state index contributed by atoms with van der Waals surface area (Å²) < 4.78 is 19.6. The second kappa shape index (κ2) is 9.36. The molecule has 3 N–H and O–H groups in total. The van der Waals surface area contributed by atoms with Crippen molar-refractivity contribution in [1.82, 2.24) is 15.2 Å². The first-order valence-electron chi connectivity index (χ1n) is 11.9. The molecule has 1 aromatic heterocycles. The third-order valence-corrected chi connectivity index (χ3v) is 6.63. The number of benzene rings is 1. The number of hydrogen-bond donors (Lipinski definition) is 3. The number of amides is 2. The average molecular weight is 494 g/mol. The summed E-state index contributed by atoms with van der Waals surface area (Å²) in [5, 5.41) is 14.6. The van der Waals surface area contributed by atoms with Crippen LogP contribution >= 0.6 is 0 Å². The molecule has 0 atom stereocenters. The number of carbonyl (C=O) groups is 2. The Kier molecular flexibility index (Phi) is 6.23. The minimum absolute atomic E-state index is 0.152. The summed E-state index contributed by atoms with van der Waals surface area (Å²) in [5.41, 5.74) is 1.25. The maximum atomic E-state index is 13.6. The Morgan fingerprint density at radius 2 is 2.00 bits per heavy atom. The largest absolute Gasteiger partial charge is 0.481 e. The number of nitrogens with one attached hydrogen (secondary N) is 2. The van der Waals surface area contributed by atoms with Gasteiger partial charge in [0.25, 0.3) is 11.8 Å². The number of fused-ring (bicyclic) bond motifs is 1. The van der Waals surface area contributed by atoms with Crippen LogP contribution in [0.15, 0.2) is 54.1 Å². The first-order valence-corrected chi connectivity index (χ1v) is 11.9. The van der Waals surface area contributed by atoms with Crippen LogP contribution in [0.4, 0.5) is 15.9 Å². The lowest BCUT2D eigenvalue weighted by Crippen LogP contribution is -2.47. The van der Waals surface area contributed by atoms with E-state index in [2.05, 4.69) is 25.4 Å². The van der Waals surface area contributed by atoms with Gasteiger partial charge < -0.3 is 25.4 Å². The Morgan fingerprint density at radius 1 is 1.22 bits per heavy atom. The Balaban J connectivity index is 1.31. The molecule has 1 fully saturated rings. The molecule has 0 spiro atoms. The smallest absolute Gasteiger partial charge is 0.260 e. The lowest BCUT2D eigenvalue weighted by atomic mass is 10.0. The van der Waals surface area contributed by atoms with Crippen LogP contribution in [0.2, 0.25) is 0 Å². The van der Waals surface area contributed by atoms with Gasteiger partial charge in [-0.1, -0.05) is 0 Å². The second-order valence-electron chi connectivity index (χ2n) is 9.47. The van der Waals surface area contributed by atoms with Gasteiger partial charge >= 0.3 is 0 Å². The number of piperazine rings is 1. The summed E-state index contributed by atoms with van der Waals surface area (Å²) in [6.45, 7) is 7.72. The molecule has 0 unspecified atom stereocenters. The van der Waals surface area contributed by atoms with E-state index in [4.69, 9.17) is 9.84 Å². The normalized spacial score (nSPS) is 21.1. The molecule has 3 aliphatic rings. The number of hydrogen-bond acceptors (Lipinski definition) is 7. The van der Waals surface area contributed by atoms with Gasteiger partial charge in [-0.25, -0.2) is 9.37 Å². The van der Waals surface area contributed by atoms with Gasteiger partial charge in [0, 0.05) is 50.6 Å². The van der Waals surface area contributed by atoms with Gasteiger partial charge in [0.1, 0.15) is 23.0 Å². The van der Waals surface area contributed by atoms with Crippen molar-refractivity contribution in [2.45, 2.75) is 19.4 Å². The van der Waals surface area contributed by atoms with Crippen molar-refractivity contribution in [1.29, 1.82) is 0 Å². The second-order valence-corrected chi connectivity index (χ2v) is 9.47. The highest BCUT2D eigenvalue weighted by molar-refractivity contribution is 6.32. The molecule has 9 nitrogen and oxygen atoms in total. The zero-order valence-electron chi connectivity index (χ0n) is 20.2. The molecule has 0 aliphatic carbocycles. The molecule has 0 bridgehead atoms. The van der Waals surface area contributed by atoms with Crippen LogP contribution in [0, 0.1) is 5.82 Å². The van der Waals surface area contributed by atoms with Gasteiger partial charge in [0.2, 0.25) is 0 Å². The minimum Gasteiger partial charge on any atom is -0.481 e. The lowest BCUT2D eigenvalue weighted by molar-refractivity contribution is -0.111. The summed E-state index contributed by atoms with van der Waals surface area (Å²) in [6.07, 6.45) is 3.18. The standard InChI is InChI=1S/C26H28FN5O4/c1-26(2)21(14-20(36-26)23-18-5-4-17(27)13-19(18)29-25(23)35)30-24(34)16-3-6-22(28-15-16)32-9-7-31(8-10-32)11-12-33/h3-6,13-15,33H,7-12H2,1-2H3,(H,29,35)(H,30,34). The first-order chi connectivity index (χ1) is 17.2. The van der Waals surface area contributed by atoms with Crippen LogP contribution < -0.4 is 15.5 Å². The molecule has 36 heavy (non-hydrogen) atoms. The Morgan fingerprint density at radius 3 is 2.69 bits per heavy atom. The molecule has 2 aromatic rings. The van der Waals surface area contributed by atoms with Gasteiger partial charge in [0.05, 0.1) is 29.1 Å². The van der Waals surface area contributed by atoms with Crippen LogP contribution in [0.3, 0.4) is 0 Å². The number of allylic oxidation sites excluding steroid dienone is 1. The molecule has 0 saturated carbocycles. The van der Waals surface area contributed by atoms with E-state index in [0.717, 1.165) is 32.0 Å². The quantitative estimate of drug-likeness (QED) is 0.548. The number of aliphatic hydroxyl groups excluding tert-OH is 1. The van der Waals surface area contributed by atoms with E-state index in [9.17, 15) is 14.0 Å². The molecular weight excluding hydrogens is 465 g/mol. The maximum absolute atomic E-state index is 13.6. The fourth-order valence-corrected chi connectivity index (χ4v) is 4.61. The fraction of sp³-hybridized carbons (Fsp3) is 0.346. The summed E-state index contributed by atoms with van der Waals surface area (Å²) in [7, 11) is 0. The van der Waals surface area contributed by atoms with Crippen molar-refractivity contribution in [3.8, 4) is 0 Å². The molecule has 1 saturated heterocycles. The predicted molar refractivity (Wildman–Crippen MR) is 133 cm³/mol. The van der Waals surface area contributed by atoms with E-state index in [0.29, 0.717) is 40.4 Å². The first kappa shape index (κ1) is 24.0. The number of rotatable bonds is 5. The van der Waals surface area contributed by atoms with Crippen molar-refractivity contribution in [3.05, 3.63) is 71.0 Å². The zero-order chi connectivity index (χ0) is 25.4. The number of carbonyl (C=O) groups excluding carboxylic acids is 2. The zero-order valence-corrected chi connectivity index (χ0v) is 20.2. The summed E-state index contributed by atoms with van der Waals surface area (Å²) >= 11 is 0. The molecular formula is C26H28FN5O4. The van der Waals surface area contributed by atoms with Crippen LogP contribution in [0.25, 0.3) is 5.57 Å². The van der Waals surface area contributed by atoms with Crippen molar-refractivity contribution in [3.63, 3.8) is 0 Å². The number of ether oxygens (including phenoxy) is 1. The van der Waals surface area contributed by atoms with Gasteiger partial charge in [-0.15, -0.1) is 0 Å². The van der Waals surface area contributed by atoms with Gasteiger partial charge in [-0.2, -0.15) is 0 Å². The van der Waals surface area contributed by atoms with Gasteiger partial charge in [-0.05, 0) is 44.2 Å². The number of pyridine rings is 1. The van der Waals surface area contributed by atoms with E-state index in [-0.39, 0.29) is 18.4 Å². The van der Waals surface area contributed by atoms with Crippen molar-refractivity contribution >= 4 is 28.9 Å². The molecule has 5 rings (SSSR count). The highest BCUT2D eigenvalue weighted by Crippen LogP contribution is 2.40. The predicted octanol–water partition coefficient (Wildman–Crippen LogP) is 2.12. The molecule has 0 radical (unpaired) electrons. The van der Waals surface area contributed by atoms with Crippen LogP contribution in [-0.2, 0) is 9.53 Å². The summed E-state index contributed by atoms with van der Waals surface area (Å²) in [4.78, 5) is 34.4. The number of aromatic nitrogens is 1. The van der Waals surface area contributed by atoms with Crippen molar-refractivity contribution in [2.24, 2.45) is 0 Å². The van der Waals surface area contributed by atoms with Crippen molar-refractivity contribution < 1.29 is 23.8 Å². The SMILES string of the molecule is CC1(C)OC(=C2C(=O)Nc3cc(F)ccc32)C=C1NC(=O)c1ccc(N2CCN(CCO)CC2)nc1. The highest BCUT2D eigenvalue weighted by atomic mass is 19.1. The van der Waals surface area contributed by atoms with Crippen LogP contribution in [-0.4, -0.2) is 71.7 Å². The topological polar surface area (TPSA) is 107 Å². The van der Waals surface area contributed by atoms with Crippen LogP contribution in [0.5, 0.6) is 0 Å². The molecule has 1 aromatic carbocycles. The Bertz CT molecular complexity index is 1260. The average Bonchev–Trinajstić information content (AvgIpc) is 3.33. The maximum Gasteiger partial charge on any atom is 0.260 e. The molecule has 10 heteroatoms. The number of β-amino-alcohol motifs (C(OH)–C–C–N with tert-alkyl or cyclic N) is 1. The van der Waals surface area contributed by atoms with E-state index < -0.39 is 11.4 Å². The van der Waals surface area contributed by atoms with Crippen LogP contribution in [0.1, 0.15) is 29.8 Å². The highest BCUT2D eigenvalue weighted by Gasteiger charge is 2.38. The van der Waals surface area contributed by atoms with E-state index in [1.807, 2.05) is 6.07 Å². The summed E-state index contributed by atoms with van der Waals surface area (Å²) in [5.74, 6) is -0.0584. The molecule has 4 heterocycles. The van der Waals surface area contributed by atoms with E-state index in [1.54, 1.807) is 32.2 Å². The third kappa shape index (κ3) is 4.57. The molecule has 188 valence electrons. The van der Waals surface area contributed by atoms with Crippen molar-refractivity contribution in [2.75, 3.05) is 49.5 Å². The molecule has 2 amide bonds. The Hall–Kier alpha value is -3.76. The minimum atomic E-state index is -0.886. The number of nitrogens with zero attached hydrogens (tertiary/aromatic N) is 3. The lowest BCUT2D eigenvalue weighted by Gasteiger charge is -2.35. The van der Waals surface area contributed by atoms with E-state index >= 15 is 0 Å². The van der Waals surface area contributed by atoms with Gasteiger partial charge in [-0.3, -0.25) is 14.5 Å². The number of halogens is 1. The number of aliphatic hydroxyl groups is 1. The third-order valence-electron chi connectivity index (χ3n) is 6.63. The Labute approximate surface area is 208 Å². The monoisotopic (exact) mass is 493 g/mol. The van der Waals surface area contributed by atoms with E-state index in [1.165, 1.54) is 18.2 Å². The molecule has 3 aliphatic heterocycles. The van der Waals surface area contributed by atoms with Gasteiger partial charge in [0.15, 0.2) is 0 Å². The number of anilines is 2. The summed E-state index contributed by atoms with van der Waals surface area (Å²) in [6, 6.07) is 7.64.